The number of aromatic nitrogens is 2. The van der Waals surface area contributed by atoms with Crippen molar-refractivity contribution in [2.24, 2.45) is 11.8 Å². The second-order valence-electron chi connectivity index (χ2n) is 7.25. The Bertz CT molecular complexity index is 810. The minimum absolute atomic E-state index is 0.213. The Labute approximate surface area is 166 Å². The standard InChI is InChI=1S/C21H21ClF4N2/c22-10-9-15-3-1-14(2-4-15)5-6-16-12-27-20(28-13-16)17-7-8-18(19(23)11-17)21(24,25)26/h7-15H,1-6H2/b10-9+/t14-,15-. The number of halogens is 5. The molecule has 2 aromatic rings. The Morgan fingerprint density at radius 2 is 1.75 bits per heavy atom. The van der Waals surface area contributed by atoms with E-state index < -0.39 is 17.6 Å². The second-order valence-corrected chi connectivity index (χ2v) is 7.50. The number of aryl methyl sites for hydroxylation is 1. The van der Waals surface area contributed by atoms with Crippen molar-refractivity contribution in [2.75, 3.05) is 0 Å². The first-order valence-corrected chi connectivity index (χ1v) is 9.75. The molecule has 1 aliphatic carbocycles. The van der Waals surface area contributed by atoms with E-state index in [1.54, 1.807) is 17.9 Å². The van der Waals surface area contributed by atoms with Crippen molar-refractivity contribution in [3.63, 3.8) is 0 Å². The third-order valence-electron chi connectivity index (χ3n) is 5.32. The van der Waals surface area contributed by atoms with E-state index in [1.807, 2.05) is 0 Å². The Hall–Kier alpha value is -1.95. The van der Waals surface area contributed by atoms with E-state index >= 15 is 0 Å². The van der Waals surface area contributed by atoms with Crippen molar-refractivity contribution < 1.29 is 17.6 Å². The molecule has 0 unspecified atom stereocenters. The number of hydrogen-bond donors (Lipinski definition) is 0. The van der Waals surface area contributed by atoms with Crippen molar-refractivity contribution in [3.8, 4) is 11.4 Å². The summed E-state index contributed by atoms with van der Waals surface area (Å²) in [7, 11) is 0. The van der Waals surface area contributed by atoms with Crippen LogP contribution in [-0.4, -0.2) is 9.97 Å². The Morgan fingerprint density at radius 1 is 1.07 bits per heavy atom. The monoisotopic (exact) mass is 412 g/mol. The van der Waals surface area contributed by atoms with Gasteiger partial charge in [0.15, 0.2) is 5.82 Å². The molecule has 1 aliphatic rings. The molecule has 0 aliphatic heterocycles. The highest BCUT2D eigenvalue weighted by Gasteiger charge is 2.34. The van der Waals surface area contributed by atoms with Gasteiger partial charge in [-0.05, 0) is 68.1 Å². The minimum atomic E-state index is -4.72. The molecule has 0 bridgehead atoms. The quantitative estimate of drug-likeness (QED) is 0.505. The van der Waals surface area contributed by atoms with E-state index in [9.17, 15) is 17.6 Å². The number of alkyl halides is 3. The summed E-state index contributed by atoms with van der Waals surface area (Å²) >= 11 is 5.64. The molecule has 1 heterocycles. The maximum Gasteiger partial charge on any atom is 0.419 e. The average Bonchev–Trinajstić information content (AvgIpc) is 2.67. The number of allylic oxidation sites excluding steroid dienone is 1. The normalized spacial score (nSPS) is 20.6. The van der Waals surface area contributed by atoms with Gasteiger partial charge < -0.3 is 0 Å². The van der Waals surface area contributed by atoms with Gasteiger partial charge in [0.1, 0.15) is 5.82 Å². The average molecular weight is 413 g/mol. The van der Waals surface area contributed by atoms with E-state index in [0.29, 0.717) is 11.8 Å². The highest BCUT2D eigenvalue weighted by molar-refractivity contribution is 6.25. The lowest BCUT2D eigenvalue weighted by atomic mass is 9.80. The lowest BCUT2D eigenvalue weighted by molar-refractivity contribution is -0.139. The molecule has 1 saturated carbocycles. The largest absolute Gasteiger partial charge is 0.419 e. The summed E-state index contributed by atoms with van der Waals surface area (Å²) < 4.78 is 51.7. The van der Waals surface area contributed by atoms with Crippen LogP contribution >= 0.6 is 11.6 Å². The van der Waals surface area contributed by atoms with Gasteiger partial charge in [-0.15, -0.1) is 0 Å². The van der Waals surface area contributed by atoms with Gasteiger partial charge in [-0.3, -0.25) is 0 Å². The first-order chi connectivity index (χ1) is 13.4. The molecule has 0 atom stereocenters. The summed E-state index contributed by atoms with van der Waals surface area (Å²) in [6, 6.07) is 2.73. The maximum atomic E-state index is 13.7. The zero-order valence-electron chi connectivity index (χ0n) is 15.2. The third-order valence-corrected chi connectivity index (χ3v) is 5.46. The van der Waals surface area contributed by atoms with Crippen molar-refractivity contribution in [1.29, 1.82) is 0 Å². The number of rotatable bonds is 5. The van der Waals surface area contributed by atoms with Crippen molar-refractivity contribution in [3.05, 3.63) is 59.1 Å². The van der Waals surface area contributed by atoms with Gasteiger partial charge in [0.25, 0.3) is 0 Å². The van der Waals surface area contributed by atoms with Crippen molar-refractivity contribution >= 4 is 11.6 Å². The van der Waals surface area contributed by atoms with Crippen LogP contribution in [0.1, 0.15) is 43.2 Å². The van der Waals surface area contributed by atoms with Gasteiger partial charge in [0, 0.05) is 23.5 Å². The van der Waals surface area contributed by atoms with E-state index in [1.165, 1.54) is 18.9 Å². The number of benzene rings is 1. The van der Waals surface area contributed by atoms with Crippen molar-refractivity contribution in [2.45, 2.75) is 44.7 Å². The van der Waals surface area contributed by atoms with E-state index in [4.69, 9.17) is 11.6 Å². The van der Waals surface area contributed by atoms with Crippen LogP contribution in [-0.2, 0) is 12.6 Å². The van der Waals surface area contributed by atoms with Crippen LogP contribution in [0.3, 0.4) is 0 Å². The summed E-state index contributed by atoms with van der Waals surface area (Å²) in [5, 5.41) is 0. The number of hydrogen-bond acceptors (Lipinski definition) is 2. The van der Waals surface area contributed by atoms with Crippen molar-refractivity contribution in [1.82, 2.24) is 9.97 Å². The highest BCUT2D eigenvalue weighted by Crippen LogP contribution is 2.34. The Kier molecular flexibility index (Phi) is 6.70. The van der Waals surface area contributed by atoms with Crippen LogP contribution in [0.4, 0.5) is 17.6 Å². The minimum Gasteiger partial charge on any atom is -0.236 e. The second kappa shape index (κ2) is 9.03. The van der Waals surface area contributed by atoms with Crippen LogP contribution < -0.4 is 0 Å². The first kappa shape index (κ1) is 20.8. The summed E-state index contributed by atoms with van der Waals surface area (Å²) in [5.41, 5.74) is 1.51. The fraction of sp³-hybridized carbons (Fsp3) is 0.429. The van der Waals surface area contributed by atoms with Gasteiger partial charge in [0.2, 0.25) is 0 Å². The summed E-state index contributed by atoms with van der Waals surface area (Å²) in [6.45, 7) is 0. The van der Waals surface area contributed by atoms with Gasteiger partial charge >= 0.3 is 6.18 Å². The zero-order valence-corrected chi connectivity index (χ0v) is 16.0. The van der Waals surface area contributed by atoms with E-state index in [2.05, 4.69) is 16.0 Å². The smallest absolute Gasteiger partial charge is 0.236 e. The van der Waals surface area contributed by atoms with Crippen LogP contribution in [0.25, 0.3) is 11.4 Å². The predicted molar refractivity (Wildman–Crippen MR) is 101 cm³/mol. The molecule has 1 aromatic carbocycles. The van der Waals surface area contributed by atoms with Crippen LogP contribution in [0, 0.1) is 17.7 Å². The molecule has 1 aromatic heterocycles. The van der Waals surface area contributed by atoms with Crippen LogP contribution in [0.2, 0.25) is 0 Å². The molecule has 28 heavy (non-hydrogen) atoms. The number of nitrogens with zero attached hydrogens (tertiary/aromatic N) is 2. The molecule has 0 saturated heterocycles. The fourth-order valence-corrected chi connectivity index (χ4v) is 3.87. The molecular weight excluding hydrogens is 392 g/mol. The lowest BCUT2D eigenvalue weighted by Crippen LogP contribution is -2.13. The summed E-state index contributed by atoms with van der Waals surface area (Å²) in [5.74, 6) is 0.145. The fourth-order valence-electron chi connectivity index (χ4n) is 3.66. The van der Waals surface area contributed by atoms with Crippen LogP contribution in [0.5, 0.6) is 0 Å². The molecular formula is C21H21ClF4N2. The molecule has 2 nitrogen and oxygen atoms in total. The predicted octanol–water partition coefficient (Wildman–Crippen LogP) is 6.79. The topological polar surface area (TPSA) is 25.8 Å². The van der Waals surface area contributed by atoms with E-state index in [0.717, 1.165) is 43.4 Å². The summed E-state index contributed by atoms with van der Waals surface area (Å²) in [6.07, 6.45) is 7.24. The first-order valence-electron chi connectivity index (χ1n) is 9.31. The molecule has 0 N–H and O–H groups in total. The van der Waals surface area contributed by atoms with Gasteiger partial charge in [0.05, 0.1) is 5.56 Å². The molecule has 1 fully saturated rings. The van der Waals surface area contributed by atoms with Gasteiger partial charge in [-0.25, -0.2) is 14.4 Å². The van der Waals surface area contributed by atoms with Gasteiger partial charge in [-0.2, -0.15) is 13.2 Å². The molecule has 150 valence electrons. The zero-order chi connectivity index (χ0) is 20.1. The molecule has 0 radical (unpaired) electrons. The molecule has 0 amide bonds. The van der Waals surface area contributed by atoms with Gasteiger partial charge in [-0.1, -0.05) is 23.7 Å². The molecule has 3 rings (SSSR count). The van der Waals surface area contributed by atoms with Crippen LogP contribution in [0.15, 0.2) is 42.2 Å². The van der Waals surface area contributed by atoms with E-state index in [-0.39, 0.29) is 11.4 Å². The molecule has 0 spiro atoms. The third kappa shape index (κ3) is 5.31. The maximum absolute atomic E-state index is 13.7. The summed E-state index contributed by atoms with van der Waals surface area (Å²) in [4.78, 5) is 8.40. The highest BCUT2D eigenvalue weighted by atomic mass is 35.5. The molecule has 7 heteroatoms. The Morgan fingerprint density at radius 3 is 2.32 bits per heavy atom. The SMILES string of the molecule is Fc1cc(-c2ncc(CC[C@H]3CC[C@H](/C=C/Cl)CC3)cn2)ccc1C(F)(F)F. The lowest BCUT2D eigenvalue weighted by Gasteiger charge is -2.26. The Balaban J connectivity index is 1.58.